The fourth-order valence-corrected chi connectivity index (χ4v) is 3.15. The molecule has 0 heterocycles. The van der Waals surface area contributed by atoms with Crippen LogP contribution in [0.3, 0.4) is 0 Å². The molecule has 0 saturated carbocycles. The predicted molar refractivity (Wildman–Crippen MR) is 98.0 cm³/mol. The van der Waals surface area contributed by atoms with Gasteiger partial charge in [0.15, 0.2) is 0 Å². The Morgan fingerprint density at radius 1 is 1.10 bits per heavy atom. The molecule has 2 aromatic carbocycles. The zero-order chi connectivity index (χ0) is 14.4. The van der Waals surface area contributed by atoms with Crippen LogP contribution in [0.5, 0.6) is 0 Å². The van der Waals surface area contributed by atoms with E-state index in [0.717, 1.165) is 19.4 Å². The number of halogens is 2. The van der Waals surface area contributed by atoms with E-state index >= 15 is 0 Å². The second kappa shape index (κ2) is 8.15. The number of nitrogens with one attached hydrogen (secondary N) is 1. The monoisotopic (exact) mass is 443 g/mol. The molecule has 0 spiro atoms. The van der Waals surface area contributed by atoms with Crippen molar-refractivity contribution in [3.05, 3.63) is 67.7 Å². The molecule has 0 radical (unpaired) electrons. The standard InChI is InChI=1S/C17H19BrIN/c1-2-11-20-17(15-5-3-4-6-16(15)18)12-13-7-9-14(19)10-8-13/h3-10,17,20H,2,11-12H2,1H3. The first-order valence-electron chi connectivity index (χ1n) is 6.93. The van der Waals surface area contributed by atoms with Gasteiger partial charge in [0.05, 0.1) is 0 Å². The summed E-state index contributed by atoms with van der Waals surface area (Å²) in [4.78, 5) is 0. The molecule has 106 valence electrons. The Morgan fingerprint density at radius 3 is 2.45 bits per heavy atom. The van der Waals surface area contributed by atoms with Gasteiger partial charge in [-0.15, -0.1) is 0 Å². The Bertz CT molecular complexity index is 539. The summed E-state index contributed by atoms with van der Waals surface area (Å²) in [6, 6.07) is 17.6. The molecule has 2 aromatic rings. The van der Waals surface area contributed by atoms with Crippen molar-refractivity contribution >= 4 is 38.5 Å². The van der Waals surface area contributed by atoms with Crippen LogP contribution < -0.4 is 5.32 Å². The van der Waals surface area contributed by atoms with Gasteiger partial charge in [0.1, 0.15) is 0 Å². The maximum atomic E-state index is 3.67. The van der Waals surface area contributed by atoms with Crippen molar-refractivity contribution in [3.63, 3.8) is 0 Å². The van der Waals surface area contributed by atoms with Crippen LogP contribution in [0.4, 0.5) is 0 Å². The lowest BCUT2D eigenvalue weighted by Crippen LogP contribution is -2.24. The first-order valence-corrected chi connectivity index (χ1v) is 8.80. The van der Waals surface area contributed by atoms with Gasteiger partial charge in [-0.1, -0.05) is 53.2 Å². The van der Waals surface area contributed by atoms with Crippen molar-refractivity contribution in [2.24, 2.45) is 0 Å². The molecule has 20 heavy (non-hydrogen) atoms. The van der Waals surface area contributed by atoms with Gasteiger partial charge in [-0.05, 0) is 71.3 Å². The first-order chi connectivity index (χ1) is 9.70. The number of hydrogen-bond acceptors (Lipinski definition) is 1. The van der Waals surface area contributed by atoms with Gasteiger partial charge in [0, 0.05) is 14.1 Å². The Morgan fingerprint density at radius 2 is 1.80 bits per heavy atom. The summed E-state index contributed by atoms with van der Waals surface area (Å²) in [6.45, 7) is 3.24. The highest BCUT2D eigenvalue weighted by Gasteiger charge is 2.14. The molecule has 0 bridgehead atoms. The zero-order valence-electron chi connectivity index (χ0n) is 11.6. The van der Waals surface area contributed by atoms with Crippen LogP contribution in [-0.2, 0) is 6.42 Å². The van der Waals surface area contributed by atoms with Gasteiger partial charge in [-0.2, -0.15) is 0 Å². The molecule has 0 saturated heterocycles. The minimum atomic E-state index is 0.352. The third-order valence-electron chi connectivity index (χ3n) is 3.27. The quantitative estimate of drug-likeness (QED) is 0.594. The zero-order valence-corrected chi connectivity index (χ0v) is 15.3. The van der Waals surface area contributed by atoms with Gasteiger partial charge in [-0.25, -0.2) is 0 Å². The molecule has 1 unspecified atom stereocenters. The van der Waals surface area contributed by atoms with E-state index in [-0.39, 0.29) is 0 Å². The third-order valence-corrected chi connectivity index (χ3v) is 4.72. The minimum Gasteiger partial charge on any atom is -0.310 e. The van der Waals surface area contributed by atoms with Crippen LogP contribution in [0.1, 0.15) is 30.5 Å². The molecule has 0 fully saturated rings. The van der Waals surface area contributed by atoms with Gasteiger partial charge < -0.3 is 5.32 Å². The molecule has 0 aromatic heterocycles. The average molecular weight is 444 g/mol. The molecule has 1 N–H and O–H groups in total. The normalized spacial score (nSPS) is 12.3. The smallest absolute Gasteiger partial charge is 0.0372 e. The molecular formula is C17H19BrIN. The Balaban J connectivity index is 2.19. The van der Waals surface area contributed by atoms with Crippen LogP contribution in [-0.4, -0.2) is 6.54 Å². The second-order valence-electron chi connectivity index (χ2n) is 4.86. The summed E-state index contributed by atoms with van der Waals surface area (Å²) in [7, 11) is 0. The minimum absolute atomic E-state index is 0.352. The molecule has 2 rings (SSSR count). The highest BCUT2D eigenvalue weighted by atomic mass is 127. The van der Waals surface area contributed by atoms with E-state index < -0.39 is 0 Å². The van der Waals surface area contributed by atoms with E-state index in [2.05, 4.69) is 99.3 Å². The van der Waals surface area contributed by atoms with E-state index in [9.17, 15) is 0 Å². The van der Waals surface area contributed by atoms with Crippen molar-refractivity contribution < 1.29 is 0 Å². The number of benzene rings is 2. The Hall–Kier alpha value is -0.390. The van der Waals surface area contributed by atoms with Crippen molar-refractivity contribution in [1.29, 1.82) is 0 Å². The fraction of sp³-hybridized carbons (Fsp3) is 0.294. The lowest BCUT2D eigenvalue weighted by Gasteiger charge is -2.20. The van der Waals surface area contributed by atoms with Crippen LogP contribution >= 0.6 is 38.5 Å². The molecular weight excluding hydrogens is 425 g/mol. The maximum absolute atomic E-state index is 3.67. The fourth-order valence-electron chi connectivity index (χ4n) is 2.22. The van der Waals surface area contributed by atoms with E-state index in [1.165, 1.54) is 19.2 Å². The summed E-state index contributed by atoms with van der Waals surface area (Å²) in [6.07, 6.45) is 2.16. The van der Waals surface area contributed by atoms with E-state index in [1.54, 1.807) is 0 Å². The summed E-state index contributed by atoms with van der Waals surface area (Å²) in [5.74, 6) is 0. The maximum Gasteiger partial charge on any atom is 0.0372 e. The van der Waals surface area contributed by atoms with Gasteiger partial charge in [-0.3, -0.25) is 0 Å². The highest BCUT2D eigenvalue weighted by Crippen LogP contribution is 2.26. The van der Waals surface area contributed by atoms with Crippen LogP contribution in [0.15, 0.2) is 53.0 Å². The molecule has 0 amide bonds. The summed E-state index contributed by atoms with van der Waals surface area (Å²) < 4.78 is 2.46. The van der Waals surface area contributed by atoms with Crippen molar-refractivity contribution in [2.45, 2.75) is 25.8 Å². The van der Waals surface area contributed by atoms with Crippen molar-refractivity contribution in [3.8, 4) is 0 Å². The van der Waals surface area contributed by atoms with E-state index in [4.69, 9.17) is 0 Å². The summed E-state index contributed by atoms with van der Waals surface area (Å²) >= 11 is 6.02. The lowest BCUT2D eigenvalue weighted by molar-refractivity contribution is 0.527. The topological polar surface area (TPSA) is 12.0 Å². The number of rotatable bonds is 6. The molecule has 0 aliphatic rings. The van der Waals surface area contributed by atoms with Crippen LogP contribution in [0.25, 0.3) is 0 Å². The molecule has 1 nitrogen and oxygen atoms in total. The van der Waals surface area contributed by atoms with Crippen molar-refractivity contribution in [1.82, 2.24) is 5.32 Å². The van der Waals surface area contributed by atoms with Gasteiger partial charge in [0.2, 0.25) is 0 Å². The van der Waals surface area contributed by atoms with E-state index in [1.807, 2.05) is 0 Å². The first kappa shape index (κ1) is 16.0. The Labute approximate surface area is 143 Å². The van der Waals surface area contributed by atoms with Crippen LogP contribution in [0.2, 0.25) is 0 Å². The van der Waals surface area contributed by atoms with E-state index in [0.29, 0.717) is 6.04 Å². The SMILES string of the molecule is CCCNC(Cc1ccc(I)cc1)c1ccccc1Br. The van der Waals surface area contributed by atoms with Crippen LogP contribution in [0, 0.1) is 3.57 Å². The Kier molecular flexibility index (Phi) is 6.52. The lowest BCUT2D eigenvalue weighted by atomic mass is 9.99. The molecule has 0 aliphatic heterocycles. The summed E-state index contributed by atoms with van der Waals surface area (Å²) in [5.41, 5.74) is 2.70. The van der Waals surface area contributed by atoms with Gasteiger partial charge in [0.25, 0.3) is 0 Å². The number of hydrogen-bond donors (Lipinski definition) is 1. The second-order valence-corrected chi connectivity index (χ2v) is 6.96. The molecule has 0 aliphatic carbocycles. The third kappa shape index (κ3) is 4.57. The molecule has 1 atom stereocenters. The summed E-state index contributed by atoms with van der Waals surface area (Å²) in [5, 5.41) is 3.66. The molecule has 3 heteroatoms. The average Bonchev–Trinajstić information content (AvgIpc) is 2.46. The van der Waals surface area contributed by atoms with Crippen molar-refractivity contribution in [2.75, 3.05) is 6.54 Å². The largest absolute Gasteiger partial charge is 0.310 e. The van der Waals surface area contributed by atoms with Gasteiger partial charge >= 0.3 is 0 Å². The predicted octanol–water partition coefficient (Wildman–Crippen LogP) is 5.34. The highest BCUT2D eigenvalue weighted by molar-refractivity contribution is 14.1.